The van der Waals surface area contributed by atoms with Crippen LogP contribution in [0.5, 0.6) is 0 Å². The van der Waals surface area contributed by atoms with Crippen LogP contribution in [0.25, 0.3) is 0 Å². The van der Waals surface area contributed by atoms with Crippen LogP contribution >= 0.6 is 0 Å². The van der Waals surface area contributed by atoms with Crippen LogP contribution in [0.15, 0.2) is 17.0 Å². The van der Waals surface area contributed by atoms with Gasteiger partial charge in [0, 0.05) is 6.26 Å². The number of sulfone groups is 1. The number of rotatable bonds is 3. The summed E-state index contributed by atoms with van der Waals surface area (Å²) in [6.07, 6.45) is 4.44. The number of benzene rings is 1. The summed E-state index contributed by atoms with van der Waals surface area (Å²) in [5, 5.41) is 0. The number of hydrogen-bond donors (Lipinski definition) is 0. The number of carbonyl (C=O) groups excluding carboxylic acids is 1. The molecular weight excluding hydrogens is 288 g/mol. The van der Waals surface area contributed by atoms with Crippen LogP contribution in [-0.4, -0.2) is 27.8 Å². The summed E-state index contributed by atoms with van der Waals surface area (Å²) in [7, 11) is -2.10. The van der Waals surface area contributed by atoms with E-state index in [2.05, 4.69) is 6.92 Å². The summed E-state index contributed by atoms with van der Waals surface area (Å²) < 4.78 is 29.2. The Labute approximate surface area is 126 Å². The molecule has 21 heavy (non-hydrogen) atoms. The van der Waals surface area contributed by atoms with Gasteiger partial charge in [0.15, 0.2) is 9.84 Å². The molecular formula is C16H22O4S. The number of ether oxygens (including phenoxy) is 1. The minimum Gasteiger partial charge on any atom is -0.465 e. The molecule has 0 saturated heterocycles. The molecule has 0 aliphatic heterocycles. The first-order valence-corrected chi connectivity index (χ1v) is 9.08. The highest BCUT2D eigenvalue weighted by molar-refractivity contribution is 7.90. The van der Waals surface area contributed by atoms with Crippen molar-refractivity contribution in [1.29, 1.82) is 0 Å². The van der Waals surface area contributed by atoms with Gasteiger partial charge in [-0.3, -0.25) is 0 Å². The van der Waals surface area contributed by atoms with Crippen molar-refractivity contribution in [3.63, 3.8) is 0 Å². The van der Waals surface area contributed by atoms with Crippen molar-refractivity contribution in [2.75, 3.05) is 13.4 Å². The quantitative estimate of drug-likeness (QED) is 0.805. The zero-order chi connectivity index (χ0) is 15.8. The van der Waals surface area contributed by atoms with E-state index in [0.29, 0.717) is 21.9 Å². The second kappa shape index (κ2) is 5.79. The molecule has 1 aromatic carbocycles. The van der Waals surface area contributed by atoms with Gasteiger partial charge in [-0.1, -0.05) is 25.8 Å². The van der Waals surface area contributed by atoms with E-state index in [-0.39, 0.29) is 5.92 Å². The van der Waals surface area contributed by atoms with Gasteiger partial charge in [-0.05, 0) is 42.4 Å². The first-order valence-electron chi connectivity index (χ1n) is 7.19. The van der Waals surface area contributed by atoms with E-state index in [1.807, 2.05) is 0 Å². The summed E-state index contributed by atoms with van der Waals surface area (Å²) in [4.78, 5) is 12.1. The molecule has 0 aromatic heterocycles. The molecule has 1 aromatic rings. The lowest BCUT2D eigenvalue weighted by Crippen LogP contribution is -2.14. The third kappa shape index (κ3) is 2.98. The molecule has 5 heteroatoms. The van der Waals surface area contributed by atoms with Crippen molar-refractivity contribution in [3.05, 3.63) is 28.8 Å². The largest absolute Gasteiger partial charge is 0.465 e. The number of methoxy groups -OCH3 is 1. The molecule has 0 spiro atoms. The van der Waals surface area contributed by atoms with Gasteiger partial charge in [0.25, 0.3) is 0 Å². The van der Waals surface area contributed by atoms with Gasteiger partial charge in [0.1, 0.15) is 0 Å². The highest BCUT2D eigenvalue weighted by Crippen LogP contribution is 2.42. The molecule has 1 saturated carbocycles. The second-order valence-electron chi connectivity index (χ2n) is 5.93. The van der Waals surface area contributed by atoms with Crippen LogP contribution in [0.4, 0.5) is 0 Å². The predicted molar refractivity (Wildman–Crippen MR) is 81.4 cm³/mol. The van der Waals surface area contributed by atoms with E-state index >= 15 is 0 Å². The Kier molecular flexibility index (Phi) is 4.42. The second-order valence-corrected chi connectivity index (χ2v) is 7.89. The molecule has 0 bridgehead atoms. The standard InChI is InChI=1S/C16H22O4S/c1-10-6-5-7-12(10)14-9-8-13(16(17)20-3)11(2)15(14)21(4,18)19/h8-10,12H,5-7H2,1-4H3. The Morgan fingerprint density at radius 1 is 1.29 bits per heavy atom. The molecule has 2 atom stereocenters. The van der Waals surface area contributed by atoms with Gasteiger partial charge < -0.3 is 4.74 Å². The van der Waals surface area contributed by atoms with Crippen molar-refractivity contribution < 1.29 is 17.9 Å². The van der Waals surface area contributed by atoms with Crippen LogP contribution in [0.1, 0.15) is 53.6 Å². The fourth-order valence-electron chi connectivity index (χ4n) is 3.44. The molecule has 116 valence electrons. The lowest BCUT2D eigenvalue weighted by atomic mass is 9.88. The number of carbonyl (C=O) groups is 1. The highest BCUT2D eigenvalue weighted by atomic mass is 32.2. The van der Waals surface area contributed by atoms with E-state index in [0.717, 1.165) is 24.8 Å². The van der Waals surface area contributed by atoms with Gasteiger partial charge >= 0.3 is 5.97 Å². The van der Waals surface area contributed by atoms with Crippen molar-refractivity contribution in [1.82, 2.24) is 0 Å². The van der Waals surface area contributed by atoms with Crippen LogP contribution in [0.3, 0.4) is 0 Å². The summed E-state index contributed by atoms with van der Waals surface area (Å²) in [6, 6.07) is 3.48. The highest BCUT2D eigenvalue weighted by Gasteiger charge is 2.31. The average Bonchev–Trinajstić information content (AvgIpc) is 2.82. The van der Waals surface area contributed by atoms with E-state index in [9.17, 15) is 13.2 Å². The Morgan fingerprint density at radius 2 is 1.95 bits per heavy atom. The SMILES string of the molecule is COC(=O)c1ccc(C2CCCC2C)c(S(C)(=O)=O)c1C. The molecule has 1 aliphatic rings. The molecule has 2 unspecified atom stereocenters. The maximum absolute atomic E-state index is 12.2. The first kappa shape index (κ1) is 16.0. The third-order valence-electron chi connectivity index (χ3n) is 4.47. The van der Waals surface area contributed by atoms with Gasteiger partial charge in [0.2, 0.25) is 0 Å². The normalized spacial score (nSPS) is 22.3. The topological polar surface area (TPSA) is 60.4 Å². The monoisotopic (exact) mass is 310 g/mol. The minimum absolute atomic E-state index is 0.250. The van der Waals surface area contributed by atoms with Crippen molar-refractivity contribution in [2.24, 2.45) is 5.92 Å². The fourth-order valence-corrected chi connectivity index (χ4v) is 4.75. The molecule has 1 aliphatic carbocycles. The van der Waals surface area contributed by atoms with Crippen LogP contribution in [-0.2, 0) is 14.6 Å². The molecule has 2 rings (SSSR count). The molecule has 1 fully saturated rings. The van der Waals surface area contributed by atoms with Crippen LogP contribution in [0, 0.1) is 12.8 Å². The van der Waals surface area contributed by atoms with E-state index in [1.165, 1.54) is 13.4 Å². The van der Waals surface area contributed by atoms with Crippen LogP contribution < -0.4 is 0 Å². The Bertz CT molecular complexity index is 661. The van der Waals surface area contributed by atoms with Gasteiger partial charge in [-0.15, -0.1) is 0 Å². The van der Waals surface area contributed by atoms with E-state index < -0.39 is 15.8 Å². The molecule has 0 heterocycles. The smallest absolute Gasteiger partial charge is 0.338 e. The van der Waals surface area contributed by atoms with Gasteiger partial charge in [0.05, 0.1) is 17.6 Å². The van der Waals surface area contributed by atoms with Crippen LogP contribution in [0.2, 0.25) is 0 Å². The molecule has 0 radical (unpaired) electrons. The molecule has 4 nitrogen and oxygen atoms in total. The van der Waals surface area contributed by atoms with Crippen molar-refractivity contribution in [3.8, 4) is 0 Å². The Balaban J connectivity index is 2.67. The summed E-state index contributed by atoms with van der Waals surface area (Å²) in [5.41, 5.74) is 1.68. The maximum atomic E-state index is 12.2. The van der Waals surface area contributed by atoms with Crippen molar-refractivity contribution >= 4 is 15.8 Å². The van der Waals surface area contributed by atoms with Gasteiger partial charge in [-0.2, -0.15) is 0 Å². The summed E-state index contributed by atoms with van der Waals surface area (Å²) in [5.74, 6) is 0.220. The summed E-state index contributed by atoms with van der Waals surface area (Å²) in [6.45, 7) is 3.85. The first-order chi connectivity index (χ1) is 9.77. The Morgan fingerprint density at radius 3 is 2.43 bits per heavy atom. The van der Waals surface area contributed by atoms with E-state index in [4.69, 9.17) is 4.74 Å². The third-order valence-corrected chi connectivity index (χ3v) is 5.76. The summed E-state index contributed by atoms with van der Waals surface area (Å²) >= 11 is 0. The van der Waals surface area contributed by atoms with Gasteiger partial charge in [-0.25, -0.2) is 13.2 Å². The lowest BCUT2D eigenvalue weighted by Gasteiger charge is -2.21. The zero-order valence-corrected chi connectivity index (χ0v) is 13.8. The molecule has 0 amide bonds. The number of esters is 1. The lowest BCUT2D eigenvalue weighted by molar-refractivity contribution is 0.0599. The average molecular weight is 310 g/mol. The molecule has 0 N–H and O–H groups in total. The number of hydrogen-bond acceptors (Lipinski definition) is 4. The predicted octanol–water partition coefficient (Wildman–Crippen LogP) is 3.09. The minimum atomic E-state index is -3.40. The Hall–Kier alpha value is -1.36. The zero-order valence-electron chi connectivity index (χ0n) is 13.0. The fraction of sp³-hybridized carbons (Fsp3) is 0.562. The van der Waals surface area contributed by atoms with Crippen molar-refractivity contribution in [2.45, 2.75) is 43.9 Å². The maximum Gasteiger partial charge on any atom is 0.338 e. The van der Waals surface area contributed by atoms with E-state index in [1.54, 1.807) is 19.1 Å².